The molecule has 0 radical (unpaired) electrons. The Morgan fingerprint density at radius 2 is 2.29 bits per heavy atom. The summed E-state index contributed by atoms with van der Waals surface area (Å²) in [4.78, 5) is 12.2. The van der Waals surface area contributed by atoms with Gasteiger partial charge in [-0.2, -0.15) is 0 Å². The first kappa shape index (κ1) is 17.7. The minimum Gasteiger partial charge on any atom is -0.496 e. The molecule has 1 aromatic rings. The number of benzene rings is 1. The van der Waals surface area contributed by atoms with E-state index in [9.17, 15) is 9.18 Å². The van der Waals surface area contributed by atoms with Crippen molar-refractivity contribution in [1.82, 2.24) is 10.6 Å². The summed E-state index contributed by atoms with van der Waals surface area (Å²) in [5.74, 6) is 0.254. The minimum atomic E-state index is -0.332. The van der Waals surface area contributed by atoms with Crippen molar-refractivity contribution in [3.63, 3.8) is 0 Å². The van der Waals surface area contributed by atoms with Crippen LogP contribution in [0.5, 0.6) is 5.75 Å². The van der Waals surface area contributed by atoms with E-state index in [0.717, 1.165) is 19.4 Å². The molecule has 0 aliphatic carbocycles. The molecular weight excluding hydrogens is 295 g/mol. The van der Waals surface area contributed by atoms with Crippen LogP contribution in [0.4, 0.5) is 4.39 Å². The van der Waals surface area contributed by atoms with Crippen LogP contribution >= 0.6 is 12.4 Å². The Labute approximate surface area is 130 Å². The summed E-state index contributed by atoms with van der Waals surface area (Å²) < 4.78 is 18.6. The van der Waals surface area contributed by atoms with E-state index >= 15 is 0 Å². The largest absolute Gasteiger partial charge is 0.496 e. The zero-order chi connectivity index (χ0) is 14.5. The molecule has 1 heterocycles. The first-order chi connectivity index (χ1) is 9.61. The molecule has 0 aromatic heterocycles. The molecule has 0 bridgehead atoms. The number of amides is 1. The molecule has 1 aromatic carbocycles. The lowest BCUT2D eigenvalue weighted by Gasteiger charge is -2.24. The summed E-state index contributed by atoms with van der Waals surface area (Å²) >= 11 is 0. The van der Waals surface area contributed by atoms with Gasteiger partial charge in [0.15, 0.2) is 0 Å². The SMILES string of the molecule is COc1ccc(F)cc1C(C)NC(=O)C1CCCNC1.Cl. The van der Waals surface area contributed by atoms with Gasteiger partial charge in [-0.25, -0.2) is 4.39 Å². The van der Waals surface area contributed by atoms with Crippen LogP contribution in [0.15, 0.2) is 18.2 Å². The van der Waals surface area contributed by atoms with Crippen LogP contribution in [0.3, 0.4) is 0 Å². The Morgan fingerprint density at radius 1 is 1.52 bits per heavy atom. The van der Waals surface area contributed by atoms with Crippen molar-refractivity contribution in [2.45, 2.75) is 25.8 Å². The number of hydrogen-bond acceptors (Lipinski definition) is 3. The lowest BCUT2D eigenvalue weighted by atomic mass is 9.97. The van der Waals surface area contributed by atoms with Crippen molar-refractivity contribution in [3.05, 3.63) is 29.6 Å². The predicted octanol–water partition coefficient (Wildman–Crippen LogP) is 2.43. The molecule has 2 atom stereocenters. The lowest BCUT2D eigenvalue weighted by Crippen LogP contribution is -2.41. The van der Waals surface area contributed by atoms with Crippen LogP contribution in [0.1, 0.15) is 31.4 Å². The van der Waals surface area contributed by atoms with Gasteiger partial charge in [0.2, 0.25) is 5.91 Å². The fourth-order valence-electron chi connectivity index (χ4n) is 2.53. The molecule has 6 heteroatoms. The van der Waals surface area contributed by atoms with Gasteiger partial charge >= 0.3 is 0 Å². The van der Waals surface area contributed by atoms with Gasteiger partial charge in [-0.1, -0.05) is 0 Å². The average molecular weight is 317 g/mol. The van der Waals surface area contributed by atoms with Gasteiger partial charge in [0.25, 0.3) is 0 Å². The van der Waals surface area contributed by atoms with E-state index in [4.69, 9.17) is 4.74 Å². The van der Waals surface area contributed by atoms with Crippen molar-refractivity contribution in [3.8, 4) is 5.75 Å². The summed E-state index contributed by atoms with van der Waals surface area (Å²) in [7, 11) is 1.54. The summed E-state index contributed by atoms with van der Waals surface area (Å²) in [5, 5.41) is 6.16. The van der Waals surface area contributed by atoms with Crippen molar-refractivity contribution >= 4 is 18.3 Å². The number of piperidine rings is 1. The summed E-state index contributed by atoms with van der Waals surface area (Å²) in [6.45, 7) is 3.52. The number of carbonyl (C=O) groups is 1. The molecule has 118 valence electrons. The van der Waals surface area contributed by atoms with Crippen LogP contribution < -0.4 is 15.4 Å². The number of nitrogens with one attached hydrogen (secondary N) is 2. The first-order valence-corrected chi connectivity index (χ1v) is 6.96. The molecule has 1 amide bonds. The monoisotopic (exact) mass is 316 g/mol. The molecule has 2 N–H and O–H groups in total. The zero-order valence-corrected chi connectivity index (χ0v) is 13.1. The third-order valence-electron chi connectivity index (χ3n) is 3.68. The second kappa shape index (κ2) is 8.20. The van der Waals surface area contributed by atoms with Crippen LogP contribution in [0.2, 0.25) is 0 Å². The first-order valence-electron chi connectivity index (χ1n) is 6.96. The lowest BCUT2D eigenvalue weighted by molar-refractivity contribution is -0.126. The third kappa shape index (κ3) is 4.58. The molecule has 0 saturated carbocycles. The van der Waals surface area contributed by atoms with Crippen LogP contribution in [0, 0.1) is 11.7 Å². The standard InChI is InChI=1S/C15H21FN2O2.ClH/c1-10(13-8-12(16)5-6-14(13)20-2)18-15(19)11-4-3-7-17-9-11;/h5-6,8,10-11,17H,3-4,7,9H2,1-2H3,(H,18,19);1H. The van der Waals surface area contributed by atoms with E-state index in [1.54, 1.807) is 6.07 Å². The number of rotatable bonds is 4. The maximum absolute atomic E-state index is 13.4. The number of carbonyl (C=O) groups excluding carboxylic acids is 1. The number of hydrogen-bond donors (Lipinski definition) is 2. The van der Waals surface area contributed by atoms with E-state index in [2.05, 4.69) is 10.6 Å². The summed E-state index contributed by atoms with van der Waals surface area (Å²) in [6.07, 6.45) is 1.90. The molecule has 1 aliphatic heterocycles. The highest BCUT2D eigenvalue weighted by atomic mass is 35.5. The fourth-order valence-corrected chi connectivity index (χ4v) is 2.53. The van der Waals surface area contributed by atoms with Crippen molar-refractivity contribution in [2.24, 2.45) is 5.92 Å². The highest BCUT2D eigenvalue weighted by Gasteiger charge is 2.23. The Hall–Kier alpha value is -1.33. The van der Waals surface area contributed by atoms with Gasteiger partial charge in [-0.15, -0.1) is 12.4 Å². The van der Waals surface area contributed by atoms with Gasteiger partial charge in [0, 0.05) is 12.1 Å². The molecule has 2 unspecified atom stereocenters. The van der Waals surface area contributed by atoms with Crippen LogP contribution in [-0.4, -0.2) is 26.1 Å². The van der Waals surface area contributed by atoms with E-state index < -0.39 is 0 Å². The quantitative estimate of drug-likeness (QED) is 0.897. The maximum Gasteiger partial charge on any atom is 0.224 e. The smallest absolute Gasteiger partial charge is 0.224 e. The van der Waals surface area contributed by atoms with Gasteiger partial charge in [0.05, 0.1) is 19.1 Å². The Morgan fingerprint density at radius 3 is 2.90 bits per heavy atom. The Bertz CT molecular complexity index is 479. The molecule has 4 nitrogen and oxygen atoms in total. The molecule has 1 saturated heterocycles. The van der Waals surface area contributed by atoms with E-state index in [1.165, 1.54) is 19.2 Å². The summed E-state index contributed by atoms with van der Waals surface area (Å²) in [5.41, 5.74) is 0.657. The van der Waals surface area contributed by atoms with Gasteiger partial charge < -0.3 is 15.4 Å². The van der Waals surface area contributed by atoms with Gasteiger partial charge in [-0.3, -0.25) is 4.79 Å². The topological polar surface area (TPSA) is 50.4 Å². The fraction of sp³-hybridized carbons (Fsp3) is 0.533. The second-order valence-corrected chi connectivity index (χ2v) is 5.16. The van der Waals surface area contributed by atoms with E-state index in [-0.39, 0.29) is 36.1 Å². The molecule has 21 heavy (non-hydrogen) atoms. The molecule has 1 aliphatic rings. The van der Waals surface area contributed by atoms with E-state index in [0.29, 0.717) is 17.9 Å². The molecule has 1 fully saturated rings. The van der Waals surface area contributed by atoms with Crippen molar-refractivity contribution < 1.29 is 13.9 Å². The number of methoxy groups -OCH3 is 1. The zero-order valence-electron chi connectivity index (χ0n) is 12.3. The Kier molecular flexibility index (Phi) is 6.92. The van der Waals surface area contributed by atoms with Gasteiger partial charge in [-0.05, 0) is 44.5 Å². The Balaban J connectivity index is 0.00000220. The van der Waals surface area contributed by atoms with Crippen molar-refractivity contribution in [2.75, 3.05) is 20.2 Å². The normalized spacial score (nSPS) is 19.3. The van der Waals surface area contributed by atoms with Crippen LogP contribution in [-0.2, 0) is 4.79 Å². The molecule has 2 rings (SSSR count). The number of halogens is 2. The highest BCUT2D eigenvalue weighted by Crippen LogP contribution is 2.26. The summed E-state index contributed by atoms with van der Waals surface area (Å²) in [6, 6.07) is 4.05. The van der Waals surface area contributed by atoms with Crippen molar-refractivity contribution in [1.29, 1.82) is 0 Å². The third-order valence-corrected chi connectivity index (χ3v) is 3.68. The predicted molar refractivity (Wildman–Crippen MR) is 82.4 cm³/mol. The molecular formula is C15H22ClFN2O2. The van der Waals surface area contributed by atoms with E-state index in [1.807, 2.05) is 6.92 Å². The second-order valence-electron chi connectivity index (χ2n) is 5.16. The minimum absolute atomic E-state index is 0. The van der Waals surface area contributed by atoms with Crippen LogP contribution in [0.25, 0.3) is 0 Å². The average Bonchev–Trinajstić information content (AvgIpc) is 2.48. The van der Waals surface area contributed by atoms with Gasteiger partial charge in [0.1, 0.15) is 11.6 Å². The highest BCUT2D eigenvalue weighted by molar-refractivity contribution is 5.85. The number of ether oxygens (including phenoxy) is 1. The maximum atomic E-state index is 13.4. The molecule has 0 spiro atoms.